The summed E-state index contributed by atoms with van der Waals surface area (Å²) in [5.41, 5.74) is 0.886. The van der Waals surface area contributed by atoms with Crippen molar-refractivity contribution >= 4 is 73.2 Å². The molecule has 0 aliphatic rings. The van der Waals surface area contributed by atoms with E-state index in [4.69, 9.17) is 0 Å². The fraction of sp³-hybridized carbons (Fsp3) is 0. The third kappa shape index (κ3) is 4.40. The first-order chi connectivity index (χ1) is 7.65. The Kier molecular flexibility index (Phi) is 6.21. The van der Waals surface area contributed by atoms with E-state index in [2.05, 4.69) is 30.8 Å². The van der Waals surface area contributed by atoms with Crippen LogP contribution in [-0.4, -0.2) is 48.5 Å². The molecule has 1 atom stereocenters. The number of anilines is 1. The first kappa shape index (κ1) is 15.2. The van der Waals surface area contributed by atoms with Gasteiger partial charge in [0.2, 0.25) is 5.13 Å². The molecule has 0 saturated carbocycles. The topological polar surface area (TPSA) is 77.9 Å². The van der Waals surface area contributed by atoms with Gasteiger partial charge in [-0.2, -0.15) is 0 Å². The van der Waals surface area contributed by atoms with E-state index in [-0.39, 0.29) is 34.7 Å². The van der Waals surface area contributed by atoms with E-state index < -0.39 is 11.3 Å². The van der Waals surface area contributed by atoms with Crippen molar-refractivity contribution in [3.05, 3.63) is 28.7 Å². The summed E-state index contributed by atoms with van der Waals surface area (Å²) in [6, 6.07) is 7.54. The van der Waals surface area contributed by atoms with Gasteiger partial charge in [0.15, 0.2) is 0 Å². The van der Waals surface area contributed by atoms with Crippen molar-refractivity contribution in [1.82, 2.24) is 10.2 Å². The summed E-state index contributed by atoms with van der Waals surface area (Å²) < 4.78 is 23.9. The van der Waals surface area contributed by atoms with Gasteiger partial charge >= 0.3 is 0 Å². The monoisotopic (exact) mass is 341 g/mol. The summed E-state index contributed by atoms with van der Waals surface area (Å²) in [4.78, 5) is 0. The Hall–Kier alpha value is 0.170. The van der Waals surface area contributed by atoms with Gasteiger partial charge in [0.1, 0.15) is 5.01 Å². The second-order valence-corrected chi connectivity index (χ2v) is 5.33. The first-order valence-electron chi connectivity index (χ1n) is 4.10. The molecule has 0 spiro atoms. The Balaban J connectivity index is 0.00000144. The summed E-state index contributed by atoms with van der Waals surface area (Å²) in [5.74, 6) is 0. The smallest absolute Gasteiger partial charge is 0.216 e. The van der Waals surface area contributed by atoms with E-state index >= 15 is 0 Å². The second kappa shape index (κ2) is 6.93. The predicted octanol–water partition coefficient (Wildman–Crippen LogP) is 1.79. The maximum absolute atomic E-state index is 10.4. The molecule has 85 valence electrons. The van der Waals surface area contributed by atoms with E-state index in [0.717, 1.165) is 10.0 Å². The minimum Gasteiger partial charge on any atom is -0.755 e. The van der Waals surface area contributed by atoms with Crippen LogP contribution in [-0.2, 0) is 11.3 Å². The Morgan fingerprint density at radius 2 is 2.18 bits per heavy atom. The molecule has 1 unspecified atom stereocenters. The number of halogens is 1. The first-order valence-corrected chi connectivity index (χ1v) is 6.79. The van der Waals surface area contributed by atoms with Gasteiger partial charge in [-0.15, -0.1) is 10.2 Å². The largest absolute Gasteiger partial charge is 0.755 e. The maximum Gasteiger partial charge on any atom is 0.216 e. The van der Waals surface area contributed by atoms with Crippen LogP contribution in [0.5, 0.6) is 0 Å². The number of hydrogen-bond donors (Lipinski definition) is 1. The van der Waals surface area contributed by atoms with Gasteiger partial charge in [-0.05, 0) is 12.1 Å². The molecular weight excluding hydrogens is 337 g/mol. The van der Waals surface area contributed by atoms with E-state index in [1.54, 1.807) is 0 Å². The molecule has 2 rings (SSSR count). The SMILES string of the molecule is O=S([O-])Nc1nnc(-c2cccc(Br)c2)s1.[Na]. The molecule has 1 aromatic heterocycles. The third-order valence-electron chi connectivity index (χ3n) is 1.67. The molecule has 1 heterocycles. The second-order valence-electron chi connectivity index (χ2n) is 2.76. The molecule has 5 nitrogen and oxygen atoms in total. The molecule has 0 saturated heterocycles. The number of benzene rings is 1. The van der Waals surface area contributed by atoms with Crippen LogP contribution < -0.4 is 4.72 Å². The normalized spacial score (nSPS) is 11.6. The Morgan fingerprint density at radius 3 is 2.82 bits per heavy atom. The molecular formula is C8H5BrN3NaO2S2-. The van der Waals surface area contributed by atoms with Crippen molar-refractivity contribution in [3.63, 3.8) is 0 Å². The molecule has 1 radical (unpaired) electrons. The van der Waals surface area contributed by atoms with Gasteiger partial charge in [0, 0.05) is 50.9 Å². The zero-order valence-corrected chi connectivity index (χ0v) is 13.9. The van der Waals surface area contributed by atoms with Gasteiger partial charge < -0.3 is 4.55 Å². The van der Waals surface area contributed by atoms with Crippen LogP contribution in [0, 0.1) is 0 Å². The minimum absolute atomic E-state index is 0. The maximum atomic E-state index is 10.4. The van der Waals surface area contributed by atoms with Crippen molar-refractivity contribution in [1.29, 1.82) is 0 Å². The van der Waals surface area contributed by atoms with Crippen LogP contribution in [0.2, 0.25) is 0 Å². The van der Waals surface area contributed by atoms with Crippen LogP contribution in [0.1, 0.15) is 0 Å². The van der Waals surface area contributed by atoms with Crippen LogP contribution in [0.3, 0.4) is 0 Å². The summed E-state index contributed by atoms with van der Waals surface area (Å²) in [5, 5.41) is 8.52. The standard InChI is InChI=1S/C8H6BrN3O2S2.Na/c9-6-3-1-2-5(4-6)7-10-11-8(15-7)12-16(13)14;/h1-4H,(H,11,12)(H,13,14);/p-1. The predicted molar refractivity (Wildman–Crippen MR) is 71.3 cm³/mol. The molecule has 0 aliphatic heterocycles. The summed E-state index contributed by atoms with van der Waals surface area (Å²) in [7, 11) is 0. The zero-order chi connectivity index (χ0) is 11.5. The van der Waals surface area contributed by atoms with Crippen molar-refractivity contribution in [2.75, 3.05) is 4.72 Å². The number of nitrogens with one attached hydrogen (secondary N) is 1. The average Bonchev–Trinajstić information content (AvgIpc) is 2.65. The molecule has 2 aromatic rings. The van der Waals surface area contributed by atoms with Crippen molar-refractivity contribution in [3.8, 4) is 10.6 Å². The van der Waals surface area contributed by atoms with Crippen molar-refractivity contribution in [2.45, 2.75) is 0 Å². The van der Waals surface area contributed by atoms with E-state index in [1.807, 2.05) is 24.3 Å². The number of hydrogen-bond acceptors (Lipinski definition) is 5. The number of aromatic nitrogens is 2. The van der Waals surface area contributed by atoms with Gasteiger partial charge in [0.25, 0.3) is 0 Å². The molecule has 0 bridgehead atoms. The zero-order valence-electron chi connectivity index (χ0n) is 8.71. The van der Waals surface area contributed by atoms with Crippen LogP contribution >= 0.6 is 27.3 Å². The Morgan fingerprint density at radius 1 is 1.41 bits per heavy atom. The Labute approximate surface area is 135 Å². The quantitative estimate of drug-likeness (QED) is 0.681. The average molecular weight is 342 g/mol. The van der Waals surface area contributed by atoms with E-state index in [9.17, 15) is 8.76 Å². The van der Waals surface area contributed by atoms with Crippen molar-refractivity contribution < 1.29 is 8.76 Å². The van der Waals surface area contributed by atoms with E-state index in [0.29, 0.717) is 5.01 Å². The van der Waals surface area contributed by atoms with E-state index in [1.165, 1.54) is 11.3 Å². The fourth-order valence-corrected chi connectivity index (χ4v) is 2.62. The third-order valence-corrected chi connectivity index (χ3v) is 3.54. The molecule has 9 heteroatoms. The van der Waals surface area contributed by atoms with Crippen LogP contribution in [0.25, 0.3) is 10.6 Å². The number of rotatable bonds is 3. The molecule has 1 aromatic carbocycles. The Bertz CT molecular complexity index is 537. The van der Waals surface area contributed by atoms with Crippen LogP contribution in [0.15, 0.2) is 28.7 Å². The van der Waals surface area contributed by atoms with Gasteiger partial charge in [0.05, 0.1) is 0 Å². The van der Waals surface area contributed by atoms with Gasteiger partial charge in [-0.1, -0.05) is 39.4 Å². The van der Waals surface area contributed by atoms with Gasteiger partial charge in [-0.3, -0.25) is 8.93 Å². The molecule has 0 fully saturated rings. The van der Waals surface area contributed by atoms with Gasteiger partial charge in [-0.25, -0.2) is 0 Å². The molecule has 0 amide bonds. The summed E-state index contributed by atoms with van der Waals surface area (Å²) >= 11 is 2.16. The van der Waals surface area contributed by atoms with Crippen LogP contribution in [0.4, 0.5) is 5.13 Å². The number of nitrogens with zero attached hydrogens (tertiary/aromatic N) is 2. The summed E-state index contributed by atoms with van der Waals surface area (Å²) in [6.45, 7) is 0. The molecule has 0 aliphatic carbocycles. The van der Waals surface area contributed by atoms with Crippen molar-refractivity contribution in [2.24, 2.45) is 0 Å². The summed E-state index contributed by atoms with van der Waals surface area (Å²) in [6.07, 6.45) is 0. The fourth-order valence-electron chi connectivity index (χ4n) is 1.07. The molecule has 17 heavy (non-hydrogen) atoms. The minimum atomic E-state index is -2.37. The molecule has 1 N–H and O–H groups in total.